The van der Waals surface area contributed by atoms with Gasteiger partial charge in [-0.2, -0.15) is 0 Å². The van der Waals surface area contributed by atoms with Crippen LogP contribution in [-0.2, 0) is 9.53 Å². The Morgan fingerprint density at radius 1 is 1.47 bits per heavy atom. The predicted molar refractivity (Wildman–Crippen MR) is 78.5 cm³/mol. The van der Waals surface area contributed by atoms with Crippen molar-refractivity contribution in [3.8, 4) is 0 Å². The highest BCUT2D eigenvalue weighted by Gasteiger charge is 2.49. The van der Waals surface area contributed by atoms with Crippen LogP contribution >= 0.6 is 23.4 Å². The molecule has 1 saturated carbocycles. The van der Waals surface area contributed by atoms with Crippen LogP contribution in [0.2, 0.25) is 5.02 Å². The van der Waals surface area contributed by atoms with Crippen LogP contribution in [0.5, 0.6) is 0 Å². The Kier molecular flexibility index (Phi) is 4.76. The fraction of sp³-hybridized carbons (Fsp3) is 0.500. The number of hydrogen-bond donors (Lipinski definition) is 1. The average molecular weight is 300 g/mol. The summed E-state index contributed by atoms with van der Waals surface area (Å²) in [5, 5.41) is 0.705. The number of carbonyl (C=O) groups excluding carboxylic acids is 1. The Bertz CT molecular complexity index is 447. The molecule has 104 valence electrons. The first-order valence-electron chi connectivity index (χ1n) is 6.40. The van der Waals surface area contributed by atoms with Gasteiger partial charge in [-0.3, -0.25) is 4.79 Å². The van der Waals surface area contributed by atoms with Crippen molar-refractivity contribution in [1.29, 1.82) is 0 Å². The van der Waals surface area contributed by atoms with Crippen molar-refractivity contribution in [3.05, 3.63) is 29.3 Å². The number of esters is 1. The van der Waals surface area contributed by atoms with Gasteiger partial charge in [0.05, 0.1) is 6.61 Å². The normalized spacial score (nSPS) is 17.8. The fourth-order valence-corrected chi connectivity index (χ4v) is 3.15. The molecule has 1 aromatic carbocycles. The third-order valence-corrected chi connectivity index (χ3v) is 4.73. The molecular weight excluding hydrogens is 282 g/mol. The standard InChI is InChI=1S/C14H18ClNO2S/c1-2-18-13(17)14(16,10-3-4-10)9-19-12-7-5-11(15)6-8-12/h5-8,10H,2-4,9,16H2,1H3. The van der Waals surface area contributed by atoms with E-state index in [9.17, 15) is 4.79 Å². The van der Waals surface area contributed by atoms with Gasteiger partial charge in [0.25, 0.3) is 0 Å². The van der Waals surface area contributed by atoms with Crippen LogP contribution < -0.4 is 5.73 Å². The average Bonchev–Trinajstić information content (AvgIpc) is 3.22. The van der Waals surface area contributed by atoms with E-state index in [1.165, 1.54) is 0 Å². The van der Waals surface area contributed by atoms with E-state index >= 15 is 0 Å². The fourth-order valence-electron chi connectivity index (χ4n) is 1.94. The van der Waals surface area contributed by atoms with Crippen LogP contribution in [0.4, 0.5) is 0 Å². The number of halogens is 1. The van der Waals surface area contributed by atoms with Crippen molar-refractivity contribution in [1.82, 2.24) is 0 Å². The summed E-state index contributed by atoms with van der Waals surface area (Å²) in [4.78, 5) is 13.1. The third-order valence-electron chi connectivity index (χ3n) is 3.25. The first kappa shape index (κ1) is 14.7. The molecule has 2 rings (SSSR count). The van der Waals surface area contributed by atoms with E-state index in [1.807, 2.05) is 24.3 Å². The Morgan fingerprint density at radius 2 is 2.11 bits per heavy atom. The van der Waals surface area contributed by atoms with E-state index in [0.717, 1.165) is 17.7 Å². The first-order valence-corrected chi connectivity index (χ1v) is 7.77. The minimum Gasteiger partial charge on any atom is -0.465 e. The number of ether oxygens (including phenoxy) is 1. The van der Waals surface area contributed by atoms with Crippen LogP contribution in [0.25, 0.3) is 0 Å². The van der Waals surface area contributed by atoms with Gasteiger partial charge in [0.1, 0.15) is 5.54 Å². The second-order valence-corrected chi connectivity index (χ2v) is 6.26. The van der Waals surface area contributed by atoms with Gasteiger partial charge in [-0.25, -0.2) is 0 Å². The molecule has 0 aromatic heterocycles. The molecule has 2 N–H and O–H groups in total. The summed E-state index contributed by atoms with van der Waals surface area (Å²) < 4.78 is 5.12. The van der Waals surface area contributed by atoms with E-state index < -0.39 is 5.54 Å². The Hall–Kier alpha value is -0.710. The predicted octanol–water partition coefficient (Wildman–Crippen LogP) is 3.10. The molecule has 0 radical (unpaired) electrons. The lowest BCUT2D eigenvalue weighted by atomic mass is 9.97. The molecule has 0 heterocycles. The molecule has 3 nitrogen and oxygen atoms in total. The minimum atomic E-state index is -0.861. The van der Waals surface area contributed by atoms with Gasteiger partial charge in [-0.15, -0.1) is 11.8 Å². The number of thioether (sulfide) groups is 1. The molecule has 0 bridgehead atoms. The Labute approximate surface area is 122 Å². The molecule has 0 saturated heterocycles. The molecule has 19 heavy (non-hydrogen) atoms. The topological polar surface area (TPSA) is 52.3 Å². The summed E-state index contributed by atoms with van der Waals surface area (Å²) in [6, 6.07) is 7.55. The van der Waals surface area contributed by atoms with Gasteiger partial charge in [0.15, 0.2) is 0 Å². The van der Waals surface area contributed by atoms with Gasteiger partial charge in [0.2, 0.25) is 0 Å². The van der Waals surface area contributed by atoms with Gasteiger partial charge in [-0.1, -0.05) is 11.6 Å². The second-order valence-electron chi connectivity index (χ2n) is 4.78. The molecule has 1 aromatic rings. The lowest BCUT2D eigenvalue weighted by Crippen LogP contribution is -2.53. The van der Waals surface area contributed by atoms with Crippen molar-refractivity contribution >= 4 is 29.3 Å². The molecule has 1 unspecified atom stereocenters. The van der Waals surface area contributed by atoms with E-state index in [-0.39, 0.29) is 11.9 Å². The maximum absolute atomic E-state index is 12.0. The Balaban J connectivity index is 2.01. The van der Waals surface area contributed by atoms with E-state index in [4.69, 9.17) is 22.1 Å². The SMILES string of the molecule is CCOC(=O)C(N)(CSc1ccc(Cl)cc1)C1CC1. The van der Waals surface area contributed by atoms with E-state index in [2.05, 4.69) is 0 Å². The maximum atomic E-state index is 12.0. The molecule has 1 fully saturated rings. The van der Waals surface area contributed by atoms with Gasteiger partial charge in [0, 0.05) is 15.7 Å². The van der Waals surface area contributed by atoms with Gasteiger partial charge < -0.3 is 10.5 Å². The van der Waals surface area contributed by atoms with E-state index in [1.54, 1.807) is 18.7 Å². The summed E-state index contributed by atoms with van der Waals surface area (Å²) in [6.07, 6.45) is 2.02. The highest BCUT2D eigenvalue weighted by Crippen LogP contribution is 2.41. The quantitative estimate of drug-likeness (QED) is 0.648. The van der Waals surface area contributed by atoms with Crippen molar-refractivity contribution in [2.45, 2.75) is 30.2 Å². The molecule has 0 spiro atoms. The highest BCUT2D eigenvalue weighted by molar-refractivity contribution is 7.99. The minimum absolute atomic E-state index is 0.256. The number of rotatable bonds is 6. The summed E-state index contributed by atoms with van der Waals surface area (Å²) in [5.41, 5.74) is 5.43. The maximum Gasteiger partial charge on any atom is 0.327 e. The zero-order valence-electron chi connectivity index (χ0n) is 10.9. The molecule has 1 aliphatic rings. The number of nitrogens with two attached hydrogens (primary N) is 1. The van der Waals surface area contributed by atoms with Gasteiger partial charge >= 0.3 is 5.97 Å². The van der Waals surface area contributed by atoms with Crippen molar-refractivity contribution in [3.63, 3.8) is 0 Å². The molecular formula is C14H18ClNO2S. The molecule has 5 heteroatoms. The summed E-state index contributed by atoms with van der Waals surface area (Å²) in [7, 11) is 0. The van der Waals surface area contributed by atoms with Crippen LogP contribution in [0.3, 0.4) is 0 Å². The Morgan fingerprint density at radius 3 is 2.63 bits per heavy atom. The summed E-state index contributed by atoms with van der Waals surface area (Å²) in [6.45, 7) is 2.17. The van der Waals surface area contributed by atoms with E-state index in [0.29, 0.717) is 17.4 Å². The first-order chi connectivity index (χ1) is 9.06. The van der Waals surface area contributed by atoms with Crippen LogP contribution in [0, 0.1) is 5.92 Å². The largest absolute Gasteiger partial charge is 0.465 e. The van der Waals surface area contributed by atoms with Crippen LogP contribution in [0.1, 0.15) is 19.8 Å². The molecule has 1 aliphatic carbocycles. The smallest absolute Gasteiger partial charge is 0.327 e. The second kappa shape index (κ2) is 6.16. The summed E-state index contributed by atoms with van der Waals surface area (Å²) >= 11 is 7.42. The molecule has 1 atom stereocenters. The number of carbonyl (C=O) groups is 1. The molecule has 0 aliphatic heterocycles. The zero-order chi connectivity index (χ0) is 13.9. The summed E-state index contributed by atoms with van der Waals surface area (Å²) in [5.74, 6) is 0.517. The lowest BCUT2D eigenvalue weighted by molar-refractivity contribution is -0.149. The molecule has 0 amide bonds. The highest BCUT2D eigenvalue weighted by atomic mass is 35.5. The zero-order valence-corrected chi connectivity index (χ0v) is 12.5. The van der Waals surface area contributed by atoms with Crippen LogP contribution in [0.15, 0.2) is 29.2 Å². The monoisotopic (exact) mass is 299 g/mol. The van der Waals surface area contributed by atoms with Crippen molar-refractivity contribution < 1.29 is 9.53 Å². The third kappa shape index (κ3) is 3.65. The lowest BCUT2D eigenvalue weighted by Gasteiger charge is -2.26. The number of benzene rings is 1. The van der Waals surface area contributed by atoms with Crippen LogP contribution in [-0.4, -0.2) is 23.9 Å². The van der Waals surface area contributed by atoms with Crippen molar-refractivity contribution in [2.75, 3.05) is 12.4 Å². The van der Waals surface area contributed by atoms with Gasteiger partial charge in [-0.05, 0) is 49.9 Å². The number of hydrogen-bond acceptors (Lipinski definition) is 4. The van der Waals surface area contributed by atoms with Crippen molar-refractivity contribution in [2.24, 2.45) is 11.7 Å².